The van der Waals surface area contributed by atoms with Gasteiger partial charge in [0.1, 0.15) is 0 Å². The van der Waals surface area contributed by atoms with E-state index in [1.807, 2.05) is 13.0 Å². The molecule has 0 aliphatic heterocycles. The molecule has 0 saturated heterocycles. The maximum atomic E-state index is 10.7. The molecular formula is C10H11NO2S. The zero-order valence-electron chi connectivity index (χ0n) is 7.73. The second-order valence-electron chi connectivity index (χ2n) is 3.05. The molecule has 0 spiro atoms. The summed E-state index contributed by atoms with van der Waals surface area (Å²) in [4.78, 5) is 11.0. The first kappa shape index (κ1) is 10.7. The molecule has 0 amide bonds. The topological polar surface area (TPSA) is 63.3 Å². The van der Waals surface area contributed by atoms with Crippen molar-refractivity contribution in [2.75, 3.05) is 0 Å². The number of benzene rings is 1. The molecule has 0 bridgehead atoms. The standard InChI is InChI=1S/C10H11NO2S/c1-6(9(11)14)7-3-2-4-8(5-7)10(12)13/h2-6H,1H3,(H2,11,14)(H,12,13). The van der Waals surface area contributed by atoms with Crippen LogP contribution in [0, 0.1) is 0 Å². The van der Waals surface area contributed by atoms with Crippen molar-refractivity contribution in [2.45, 2.75) is 12.8 Å². The molecule has 1 rings (SSSR count). The lowest BCUT2D eigenvalue weighted by atomic mass is 9.99. The number of rotatable bonds is 3. The van der Waals surface area contributed by atoms with E-state index in [1.165, 1.54) is 6.07 Å². The van der Waals surface area contributed by atoms with Crippen molar-refractivity contribution in [3.05, 3.63) is 35.4 Å². The van der Waals surface area contributed by atoms with E-state index in [-0.39, 0.29) is 11.5 Å². The van der Waals surface area contributed by atoms with Crippen molar-refractivity contribution in [3.8, 4) is 0 Å². The fraction of sp³-hybridized carbons (Fsp3) is 0.200. The van der Waals surface area contributed by atoms with Crippen LogP contribution < -0.4 is 5.73 Å². The van der Waals surface area contributed by atoms with E-state index in [9.17, 15) is 4.79 Å². The van der Waals surface area contributed by atoms with Crippen molar-refractivity contribution in [1.82, 2.24) is 0 Å². The molecule has 1 aromatic carbocycles. The summed E-state index contributed by atoms with van der Waals surface area (Å²) in [7, 11) is 0. The smallest absolute Gasteiger partial charge is 0.335 e. The van der Waals surface area contributed by atoms with Crippen molar-refractivity contribution < 1.29 is 9.90 Å². The molecule has 1 aromatic rings. The molecule has 1 atom stereocenters. The highest BCUT2D eigenvalue weighted by atomic mass is 32.1. The Kier molecular flexibility index (Phi) is 3.19. The average Bonchev–Trinajstić information content (AvgIpc) is 2.16. The molecule has 1 unspecified atom stereocenters. The summed E-state index contributed by atoms with van der Waals surface area (Å²) in [6, 6.07) is 6.63. The van der Waals surface area contributed by atoms with Crippen molar-refractivity contribution in [2.24, 2.45) is 5.73 Å². The van der Waals surface area contributed by atoms with Crippen LogP contribution in [0.5, 0.6) is 0 Å². The molecule has 0 aliphatic carbocycles. The summed E-state index contributed by atoms with van der Waals surface area (Å²) in [5.74, 6) is -1.04. The minimum Gasteiger partial charge on any atom is -0.478 e. The highest BCUT2D eigenvalue weighted by Crippen LogP contribution is 2.16. The van der Waals surface area contributed by atoms with Gasteiger partial charge in [-0.2, -0.15) is 0 Å². The Hall–Kier alpha value is -1.42. The van der Waals surface area contributed by atoms with Gasteiger partial charge in [-0.05, 0) is 17.7 Å². The number of nitrogens with two attached hydrogens (primary N) is 1. The molecule has 0 aromatic heterocycles. The van der Waals surface area contributed by atoms with Crippen LogP contribution in [0.4, 0.5) is 0 Å². The molecule has 0 saturated carbocycles. The normalized spacial score (nSPS) is 12.1. The first-order valence-electron chi connectivity index (χ1n) is 4.15. The largest absolute Gasteiger partial charge is 0.478 e. The zero-order valence-corrected chi connectivity index (χ0v) is 8.54. The van der Waals surface area contributed by atoms with Gasteiger partial charge in [0.2, 0.25) is 0 Å². The highest BCUT2D eigenvalue weighted by molar-refractivity contribution is 7.80. The van der Waals surface area contributed by atoms with Gasteiger partial charge in [-0.25, -0.2) is 4.79 Å². The Balaban J connectivity index is 3.05. The number of thiocarbonyl (C=S) groups is 1. The van der Waals surface area contributed by atoms with Gasteiger partial charge in [0, 0.05) is 5.92 Å². The summed E-state index contributed by atoms with van der Waals surface area (Å²) in [5, 5.41) is 8.77. The summed E-state index contributed by atoms with van der Waals surface area (Å²) in [6.07, 6.45) is 0. The van der Waals surface area contributed by atoms with E-state index < -0.39 is 5.97 Å². The van der Waals surface area contributed by atoms with Gasteiger partial charge in [-0.1, -0.05) is 31.3 Å². The maximum absolute atomic E-state index is 10.7. The number of carboxylic acid groups (broad SMARTS) is 1. The number of hydrogen-bond donors (Lipinski definition) is 2. The third-order valence-corrected chi connectivity index (χ3v) is 2.41. The highest BCUT2D eigenvalue weighted by Gasteiger charge is 2.10. The summed E-state index contributed by atoms with van der Waals surface area (Å²) in [6.45, 7) is 1.85. The van der Waals surface area contributed by atoms with Gasteiger partial charge in [0.25, 0.3) is 0 Å². The Labute approximate surface area is 87.5 Å². The molecule has 0 fully saturated rings. The maximum Gasteiger partial charge on any atom is 0.335 e. The van der Waals surface area contributed by atoms with Crippen molar-refractivity contribution in [1.29, 1.82) is 0 Å². The van der Waals surface area contributed by atoms with Gasteiger partial charge in [-0.3, -0.25) is 0 Å². The van der Waals surface area contributed by atoms with Crippen LogP contribution in [-0.2, 0) is 0 Å². The van der Waals surface area contributed by atoms with E-state index in [0.29, 0.717) is 4.99 Å². The summed E-state index contributed by atoms with van der Waals surface area (Å²) < 4.78 is 0. The minimum atomic E-state index is -0.943. The quantitative estimate of drug-likeness (QED) is 0.745. The zero-order chi connectivity index (χ0) is 10.7. The van der Waals surface area contributed by atoms with Gasteiger partial charge in [0.05, 0.1) is 10.6 Å². The Morgan fingerprint density at radius 2 is 2.21 bits per heavy atom. The molecule has 3 N–H and O–H groups in total. The average molecular weight is 209 g/mol. The van der Waals surface area contributed by atoms with Crippen LogP contribution in [0.1, 0.15) is 28.8 Å². The molecule has 4 heteroatoms. The first-order chi connectivity index (χ1) is 6.52. The monoisotopic (exact) mass is 209 g/mol. The molecule has 0 radical (unpaired) electrons. The van der Waals surface area contributed by atoms with Gasteiger partial charge in [-0.15, -0.1) is 0 Å². The number of hydrogen-bond acceptors (Lipinski definition) is 2. The van der Waals surface area contributed by atoms with Crippen LogP contribution in [0.25, 0.3) is 0 Å². The fourth-order valence-electron chi connectivity index (χ4n) is 1.11. The molecule has 3 nitrogen and oxygen atoms in total. The Morgan fingerprint density at radius 1 is 1.57 bits per heavy atom. The fourth-order valence-corrected chi connectivity index (χ4v) is 1.24. The van der Waals surface area contributed by atoms with E-state index in [1.54, 1.807) is 12.1 Å². The van der Waals surface area contributed by atoms with E-state index >= 15 is 0 Å². The van der Waals surface area contributed by atoms with Gasteiger partial charge < -0.3 is 10.8 Å². The summed E-state index contributed by atoms with van der Waals surface area (Å²) >= 11 is 4.84. The van der Waals surface area contributed by atoms with Crippen molar-refractivity contribution in [3.63, 3.8) is 0 Å². The molecule has 0 aliphatic rings. The third-order valence-electron chi connectivity index (χ3n) is 2.06. The predicted molar refractivity (Wildman–Crippen MR) is 58.6 cm³/mol. The van der Waals surface area contributed by atoms with E-state index in [2.05, 4.69) is 0 Å². The lowest BCUT2D eigenvalue weighted by Gasteiger charge is -2.09. The van der Waals surface area contributed by atoms with Crippen molar-refractivity contribution >= 4 is 23.2 Å². The van der Waals surface area contributed by atoms with Gasteiger partial charge >= 0.3 is 5.97 Å². The van der Waals surface area contributed by atoms with Crippen LogP contribution >= 0.6 is 12.2 Å². The molecule has 14 heavy (non-hydrogen) atoms. The number of carbonyl (C=O) groups is 1. The first-order valence-corrected chi connectivity index (χ1v) is 4.55. The molecular weight excluding hydrogens is 198 g/mol. The Bertz CT molecular complexity index is 376. The van der Waals surface area contributed by atoms with E-state index in [0.717, 1.165) is 5.56 Å². The number of aromatic carboxylic acids is 1. The Morgan fingerprint density at radius 3 is 2.71 bits per heavy atom. The van der Waals surface area contributed by atoms with Crippen LogP contribution in [0.2, 0.25) is 0 Å². The minimum absolute atomic E-state index is 0.0932. The van der Waals surface area contributed by atoms with Gasteiger partial charge in [0.15, 0.2) is 0 Å². The SMILES string of the molecule is CC(C(N)=S)c1cccc(C(=O)O)c1. The lowest BCUT2D eigenvalue weighted by Crippen LogP contribution is -2.16. The second-order valence-corrected chi connectivity index (χ2v) is 3.53. The predicted octanol–water partition coefficient (Wildman–Crippen LogP) is 1.77. The third kappa shape index (κ3) is 2.29. The second kappa shape index (κ2) is 4.19. The molecule has 0 heterocycles. The molecule has 74 valence electrons. The van der Waals surface area contributed by atoms with Crippen LogP contribution in [-0.4, -0.2) is 16.1 Å². The number of carboxylic acids is 1. The summed E-state index contributed by atoms with van der Waals surface area (Å²) in [5.41, 5.74) is 6.56. The van der Waals surface area contributed by atoms with Crippen LogP contribution in [0.15, 0.2) is 24.3 Å². The van der Waals surface area contributed by atoms with Crippen LogP contribution in [0.3, 0.4) is 0 Å². The van der Waals surface area contributed by atoms with E-state index in [4.69, 9.17) is 23.1 Å². The lowest BCUT2D eigenvalue weighted by molar-refractivity contribution is 0.0697.